The molecule has 1 aromatic carbocycles. The smallest absolute Gasteiger partial charge is 0.281 e. The van der Waals surface area contributed by atoms with E-state index in [2.05, 4.69) is 9.71 Å². The average molecular weight is 332 g/mol. The van der Waals surface area contributed by atoms with E-state index in [4.69, 9.17) is 21.1 Å². The first kappa shape index (κ1) is 15.5. The first-order valence-corrected chi connectivity index (χ1v) is 7.66. The van der Waals surface area contributed by atoms with Crippen LogP contribution in [0.5, 0.6) is 11.5 Å². The van der Waals surface area contributed by atoms with E-state index in [0.29, 0.717) is 5.75 Å². The summed E-state index contributed by atoms with van der Waals surface area (Å²) in [5.74, 6) is 0.705. The Balaban J connectivity index is 2.44. The minimum absolute atomic E-state index is 0.112. The summed E-state index contributed by atoms with van der Waals surface area (Å²) in [7, 11) is 0.701. The van der Waals surface area contributed by atoms with Crippen LogP contribution in [0.15, 0.2) is 29.7 Å². The van der Waals surface area contributed by atoms with E-state index < -0.39 is 10.0 Å². The normalized spacial score (nSPS) is 11.2. The first-order chi connectivity index (χ1) is 9.87. The number of rotatable bonds is 5. The van der Waals surface area contributed by atoms with Crippen molar-refractivity contribution in [2.24, 2.45) is 7.05 Å². The fourth-order valence-corrected chi connectivity index (χ4v) is 3.03. The fourth-order valence-electron chi connectivity index (χ4n) is 1.65. The molecule has 21 heavy (non-hydrogen) atoms. The molecule has 0 aliphatic carbocycles. The second kappa shape index (κ2) is 5.82. The zero-order valence-corrected chi connectivity index (χ0v) is 13.2. The number of anilines is 1. The van der Waals surface area contributed by atoms with Crippen LogP contribution in [-0.2, 0) is 17.1 Å². The van der Waals surface area contributed by atoms with Gasteiger partial charge in [-0.15, -0.1) is 0 Å². The number of methoxy groups -OCH3 is 2. The Morgan fingerprint density at radius 2 is 2.00 bits per heavy atom. The number of nitrogens with one attached hydrogen (secondary N) is 1. The van der Waals surface area contributed by atoms with E-state index in [1.54, 1.807) is 7.05 Å². The number of aryl methyl sites for hydroxylation is 1. The van der Waals surface area contributed by atoms with Gasteiger partial charge >= 0.3 is 0 Å². The second-order valence-electron chi connectivity index (χ2n) is 4.17. The van der Waals surface area contributed by atoms with Crippen LogP contribution < -0.4 is 14.2 Å². The third-order valence-corrected chi connectivity index (χ3v) is 4.21. The Morgan fingerprint density at radius 3 is 2.52 bits per heavy atom. The average Bonchev–Trinajstić information content (AvgIpc) is 2.88. The van der Waals surface area contributed by atoms with E-state index in [1.807, 2.05) is 0 Å². The van der Waals surface area contributed by atoms with Gasteiger partial charge in [0.2, 0.25) is 0 Å². The molecule has 1 N–H and O–H groups in total. The molecule has 0 atom stereocenters. The summed E-state index contributed by atoms with van der Waals surface area (Å²) in [4.78, 5) is 3.81. The first-order valence-electron chi connectivity index (χ1n) is 5.79. The molecular weight excluding hydrogens is 318 g/mol. The molecule has 0 bridgehead atoms. The van der Waals surface area contributed by atoms with Gasteiger partial charge in [-0.1, -0.05) is 11.6 Å². The number of ether oxygens (including phenoxy) is 2. The van der Waals surface area contributed by atoms with E-state index in [0.717, 1.165) is 0 Å². The molecule has 0 saturated heterocycles. The summed E-state index contributed by atoms with van der Waals surface area (Å²) in [6.07, 6.45) is 2.77. The number of imidazole rings is 1. The highest BCUT2D eigenvalue weighted by Crippen LogP contribution is 2.37. The molecule has 0 unspecified atom stereocenters. The molecule has 0 saturated carbocycles. The van der Waals surface area contributed by atoms with Crippen molar-refractivity contribution in [1.29, 1.82) is 0 Å². The van der Waals surface area contributed by atoms with Gasteiger partial charge in [-0.05, 0) is 0 Å². The van der Waals surface area contributed by atoms with Crippen molar-refractivity contribution in [3.63, 3.8) is 0 Å². The quantitative estimate of drug-likeness (QED) is 0.904. The topological polar surface area (TPSA) is 82.5 Å². The predicted molar refractivity (Wildman–Crippen MR) is 78.6 cm³/mol. The number of hydrogen-bond acceptors (Lipinski definition) is 5. The molecule has 0 radical (unpaired) electrons. The lowest BCUT2D eigenvalue weighted by atomic mass is 10.3. The van der Waals surface area contributed by atoms with Crippen LogP contribution >= 0.6 is 11.6 Å². The highest BCUT2D eigenvalue weighted by atomic mass is 35.5. The zero-order chi connectivity index (χ0) is 15.6. The number of hydrogen-bond donors (Lipinski definition) is 1. The molecule has 9 heteroatoms. The van der Waals surface area contributed by atoms with Gasteiger partial charge < -0.3 is 14.0 Å². The summed E-state index contributed by atoms with van der Waals surface area (Å²) in [6, 6.07) is 3.02. The van der Waals surface area contributed by atoms with Gasteiger partial charge in [-0.3, -0.25) is 4.72 Å². The number of sulfonamides is 1. The van der Waals surface area contributed by atoms with Crippen LogP contribution in [0.1, 0.15) is 0 Å². The van der Waals surface area contributed by atoms with Crippen LogP contribution in [0.25, 0.3) is 0 Å². The molecule has 0 aliphatic rings. The van der Waals surface area contributed by atoms with Crippen LogP contribution in [0, 0.1) is 0 Å². The molecule has 0 amide bonds. The Hall–Kier alpha value is -1.93. The van der Waals surface area contributed by atoms with Crippen molar-refractivity contribution in [2.45, 2.75) is 5.03 Å². The van der Waals surface area contributed by atoms with Gasteiger partial charge in [0.05, 0.1) is 25.6 Å². The summed E-state index contributed by atoms with van der Waals surface area (Å²) >= 11 is 6.08. The fraction of sp³-hybridized carbons (Fsp3) is 0.250. The van der Waals surface area contributed by atoms with Crippen molar-refractivity contribution in [3.05, 3.63) is 29.7 Å². The molecule has 0 spiro atoms. The summed E-state index contributed by atoms with van der Waals surface area (Å²) in [6.45, 7) is 0. The number of aromatic nitrogens is 2. The lowest BCUT2D eigenvalue weighted by molar-refractivity contribution is 0.395. The van der Waals surface area contributed by atoms with Crippen molar-refractivity contribution in [1.82, 2.24) is 9.55 Å². The van der Waals surface area contributed by atoms with Gasteiger partial charge in [0.25, 0.3) is 10.0 Å². The zero-order valence-electron chi connectivity index (χ0n) is 11.6. The van der Waals surface area contributed by atoms with Gasteiger partial charge in [-0.2, -0.15) is 8.42 Å². The maximum Gasteiger partial charge on any atom is 0.281 e. The van der Waals surface area contributed by atoms with E-state index in [-0.39, 0.29) is 21.5 Å². The van der Waals surface area contributed by atoms with Gasteiger partial charge in [0.1, 0.15) is 17.2 Å². The molecule has 0 aliphatic heterocycles. The lowest BCUT2D eigenvalue weighted by Gasteiger charge is -2.13. The Kier molecular flexibility index (Phi) is 4.29. The molecule has 114 valence electrons. The molecule has 7 nitrogen and oxygen atoms in total. The van der Waals surface area contributed by atoms with Gasteiger partial charge in [0.15, 0.2) is 5.03 Å². The lowest BCUT2D eigenvalue weighted by Crippen LogP contribution is -2.14. The van der Waals surface area contributed by atoms with E-state index >= 15 is 0 Å². The highest BCUT2D eigenvalue weighted by Gasteiger charge is 2.21. The predicted octanol–water partition coefficient (Wildman–Crippen LogP) is 1.89. The van der Waals surface area contributed by atoms with Crippen molar-refractivity contribution < 1.29 is 17.9 Å². The maximum absolute atomic E-state index is 12.3. The number of nitrogens with zero attached hydrogens (tertiary/aromatic N) is 2. The maximum atomic E-state index is 12.3. The summed E-state index contributed by atoms with van der Waals surface area (Å²) < 4.78 is 38.6. The molecule has 2 rings (SSSR count). The van der Waals surface area contributed by atoms with E-state index in [1.165, 1.54) is 43.4 Å². The molecule has 1 heterocycles. The minimum Gasteiger partial charge on any atom is -0.497 e. The Morgan fingerprint density at radius 1 is 1.29 bits per heavy atom. The van der Waals surface area contributed by atoms with Crippen molar-refractivity contribution in [3.8, 4) is 11.5 Å². The molecular formula is C12H14ClN3O4S. The molecule has 0 fully saturated rings. The monoisotopic (exact) mass is 331 g/mol. The van der Waals surface area contributed by atoms with Crippen molar-refractivity contribution in [2.75, 3.05) is 18.9 Å². The SMILES string of the molecule is COc1cc(Cl)c(NS(=O)(=O)c2cn(C)cn2)c(OC)c1. The largest absolute Gasteiger partial charge is 0.497 e. The third kappa shape index (κ3) is 3.22. The second-order valence-corrected chi connectivity index (χ2v) is 6.21. The highest BCUT2D eigenvalue weighted by molar-refractivity contribution is 7.92. The Labute approximate surface area is 127 Å². The van der Waals surface area contributed by atoms with Crippen LogP contribution in [-0.4, -0.2) is 32.2 Å². The van der Waals surface area contributed by atoms with Crippen LogP contribution in [0.4, 0.5) is 5.69 Å². The number of halogens is 1. The van der Waals surface area contributed by atoms with Gasteiger partial charge in [0, 0.05) is 25.4 Å². The van der Waals surface area contributed by atoms with E-state index in [9.17, 15) is 8.42 Å². The Bertz CT molecular complexity index is 758. The molecule has 2 aromatic rings. The summed E-state index contributed by atoms with van der Waals surface area (Å²) in [5, 5.41) is 0.0460. The molecule has 1 aromatic heterocycles. The van der Waals surface area contributed by atoms with Crippen LogP contribution in [0.2, 0.25) is 5.02 Å². The number of benzene rings is 1. The standard InChI is InChI=1S/C12H14ClN3O4S/c1-16-6-11(14-7-16)21(17,18)15-12-9(13)4-8(19-2)5-10(12)20-3/h4-7,15H,1-3H3. The third-order valence-electron chi connectivity index (χ3n) is 2.68. The van der Waals surface area contributed by atoms with Gasteiger partial charge in [-0.25, -0.2) is 4.98 Å². The van der Waals surface area contributed by atoms with Crippen LogP contribution in [0.3, 0.4) is 0 Å². The van der Waals surface area contributed by atoms with Crippen molar-refractivity contribution >= 4 is 27.3 Å². The summed E-state index contributed by atoms with van der Waals surface area (Å²) in [5.41, 5.74) is 0.130. The minimum atomic E-state index is -3.85.